The van der Waals surface area contributed by atoms with Crippen LogP contribution in [-0.4, -0.2) is 57.4 Å². The first kappa shape index (κ1) is 23.2. The third-order valence-electron chi connectivity index (χ3n) is 6.44. The number of nitrogens with one attached hydrogen (secondary N) is 2. The number of hydrogen-bond donors (Lipinski definition) is 3. The molecule has 1 aromatic carbocycles. The lowest BCUT2D eigenvalue weighted by Crippen LogP contribution is -2.57. The predicted octanol–water partition coefficient (Wildman–Crippen LogP) is 2.44. The van der Waals surface area contributed by atoms with Crippen molar-refractivity contribution in [1.29, 1.82) is 0 Å². The van der Waals surface area contributed by atoms with Gasteiger partial charge in [-0.05, 0) is 43.9 Å². The van der Waals surface area contributed by atoms with Crippen LogP contribution in [0.1, 0.15) is 44.6 Å². The van der Waals surface area contributed by atoms with E-state index in [1.54, 1.807) is 11.8 Å². The van der Waals surface area contributed by atoms with Gasteiger partial charge in [-0.25, -0.2) is 9.97 Å². The highest BCUT2D eigenvalue weighted by molar-refractivity contribution is 5.93. The standard InChI is InChI=1S/C22H27F3N6O2/c1-2-19(32)29-17-10-13(26)4-6-18(17)31-8-7-16(21(31)33)30-20-14-9-12(22(23,24)25)3-5-15(14)27-11-28-20/h3,5,9,11,13,16-18H,2,4,6-8,10,26H2,1H3,(H,29,32)(H,27,28,30)/t13-,16?,17?,18+/m1/s1. The van der Waals surface area contributed by atoms with Gasteiger partial charge >= 0.3 is 6.18 Å². The molecule has 0 radical (unpaired) electrons. The van der Waals surface area contributed by atoms with E-state index in [1.807, 2.05) is 0 Å². The molecule has 2 heterocycles. The summed E-state index contributed by atoms with van der Waals surface area (Å²) >= 11 is 0. The third kappa shape index (κ3) is 4.87. The molecule has 33 heavy (non-hydrogen) atoms. The summed E-state index contributed by atoms with van der Waals surface area (Å²) in [4.78, 5) is 35.1. The number of nitrogens with two attached hydrogens (primary N) is 1. The number of carbonyl (C=O) groups excluding carboxylic acids is 2. The van der Waals surface area contributed by atoms with E-state index in [0.29, 0.717) is 37.7 Å². The second-order valence-electron chi connectivity index (χ2n) is 8.64. The molecule has 1 aromatic heterocycles. The largest absolute Gasteiger partial charge is 0.416 e. The lowest BCUT2D eigenvalue weighted by Gasteiger charge is -2.40. The summed E-state index contributed by atoms with van der Waals surface area (Å²) in [5, 5.41) is 6.23. The van der Waals surface area contributed by atoms with Crippen LogP contribution in [0, 0.1) is 0 Å². The number of likely N-dealkylation sites (tertiary alicyclic amines) is 1. The molecule has 11 heteroatoms. The first-order valence-electron chi connectivity index (χ1n) is 11.1. The van der Waals surface area contributed by atoms with Crippen molar-refractivity contribution in [3.05, 3.63) is 30.1 Å². The van der Waals surface area contributed by atoms with Gasteiger partial charge in [-0.15, -0.1) is 0 Å². The van der Waals surface area contributed by atoms with Gasteiger partial charge in [0.15, 0.2) is 0 Å². The molecule has 2 unspecified atom stereocenters. The number of hydrogen-bond acceptors (Lipinski definition) is 6. The number of rotatable bonds is 5. The highest BCUT2D eigenvalue weighted by Crippen LogP contribution is 2.33. The molecule has 1 aliphatic carbocycles. The van der Waals surface area contributed by atoms with Crippen LogP contribution in [0.25, 0.3) is 10.9 Å². The molecule has 4 rings (SSSR count). The fraction of sp³-hybridized carbons (Fsp3) is 0.545. The Morgan fingerprint density at radius 2 is 2.03 bits per heavy atom. The molecular weight excluding hydrogens is 437 g/mol. The summed E-state index contributed by atoms with van der Waals surface area (Å²) in [7, 11) is 0. The van der Waals surface area contributed by atoms with E-state index in [2.05, 4.69) is 20.6 Å². The number of nitrogens with zero attached hydrogens (tertiary/aromatic N) is 3. The Morgan fingerprint density at radius 3 is 2.76 bits per heavy atom. The average molecular weight is 464 g/mol. The zero-order chi connectivity index (χ0) is 23.8. The normalized spacial score (nSPS) is 26.0. The highest BCUT2D eigenvalue weighted by atomic mass is 19.4. The van der Waals surface area contributed by atoms with Gasteiger partial charge in [-0.2, -0.15) is 13.2 Å². The Kier molecular flexibility index (Phi) is 6.42. The van der Waals surface area contributed by atoms with Crippen molar-refractivity contribution in [2.45, 2.75) is 69.4 Å². The van der Waals surface area contributed by atoms with E-state index in [9.17, 15) is 22.8 Å². The van der Waals surface area contributed by atoms with Crippen molar-refractivity contribution in [2.24, 2.45) is 5.73 Å². The maximum Gasteiger partial charge on any atom is 0.416 e. The van der Waals surface area contributed by atoms with Crippen LogP contribution in [0.15, 0.2) is 24.5 Å². The topological polar surface area (TPSA) is 113 Å². The molecule has 2 fully saturated rings. The summed E-state index contributed by atoms with van der Waals surface area (Å²) in [6.07, 6.45) is -0.400. The summed E-state index contributed by atoms with van der Waals surface area (Å²) < 4.78 is 39.6. The molecule has 0 bridgehead atoms. The summed E-state index contributed by atoms with van der Waals surface area (Å²) in [5.74, 6) is -0.0638. The number of aromatic nitrogens is 2. The molecule has 1 aliphatic heterocycles. The molecule has 1 saturated heterocycles. The number of halogens is 3. The number of fused-ring (bicyclic) bond motifs is 1. The molecule has 0 spiro atoms. The van der Waals surface area contributed by atoms with Gasteiger partial charge in [0.1, 0.15) is 18.2 Å². The van der Waals surface area contributed by atoms with Gasteiger partial charge in [0, 0.05) is 24.4 Å². The molecule has 178 valence electrons. The van der Waals surface area contributed by atoms with Crippen molar-refractivity contribution < 1.29 is 22.8 Å². The first-order chi connectivity index (χ1) is 15.7. The van der Waals surface area contributed by atoms with Crippen molar-refractivity contribution in [1.82, 2.24) is 20.2 Å². The molecule has 2 aromatic rings. The second kappa shape index (κ2) is 9.12. The van der Waals surface area contributed by atoms with Crippen LogP contribution in [0.5, 0.6) is 0 Å². The van der Waals surface area contributed by atoms with E-state index >= 15 is 0 Å². The average Bonchev–Trinajstić information content (AvgIpc) is 3.13. The Balaban J connectivity index is 1.54. The molecule has 8 nitrogen and oxygen atoms in total. The van der Waals surface area contributed by atoms with Gasteiger partial charge in [-0.1, -0.05) is 6.92 Å². The number of alkyl halides is 3. The SMILES string of the molecule is CCC(=O)NC1C[C@H](N)CC[C@@H]1N1CCC(Nc2ncnc3ccc(C(F)(F)F)cc23)C1=O. The van der Waals surface area contributed by atoms with Gasteiger partial charge < -0.3 is 21.3 Å². The molecule has 2 amide bonds. The zero-order valence-corrected chi connectivity index (χ0v) is 18.2. The molecule has 4 atom stereocenters. The summed E-state index contributed by atoms with van der Waals surface area (Å²) in [6.45, 7) is 2.25. The molecule has 1 saturated carbocycles. The van der Waals surface area contributed by atoms with Gasteiger partial charge in [0.25, 0.3) is 0 Å². The monoisotopic (exact) mass is 464 g/mol. The Bertz CT molecular complexity index is 1050. The number of amides is 2. The smallest absolute Gasteiger partial charge is 0.358 e. The summed E-state index contributed by atoms with van der Waals surface area (Å²) in [6, 6.07) is 2.20. The van der Waals surface area contributed by atoms with Crippen molar-refractivity contribution in [2.75, 3.05) is 11.9 Å². The minimum Gasteiger partial charge on any atom is -0.358 e. The molecule has 2 aliphatic rings. The zero-order valence-electron chi connectivity index (χ0n) is 18.2. The lowest BCUT2D eigenvalue weighted by molar-refractivity contribution is -0.137. The second-order valence-corrected chi connectivity index (χ2v) is 8.64. The Hall–Kier alpha value is -2.95. The summed E-state index contributed by atoms with van der Waals surface area (Å²) in [5.41, 5.74) is 5.65. The van der Waals surface area contributed by atoms with Crippen LogP contribution in [-0.2, 0) is 15.8 Å². The third-order valence-corrected chi connectivity index (χ3v) is 6.44. The quantitative estimate of drug-likeness (QED) is 0.627. The lowest BCUT2D eigenvalue weighted by atomic mass is 9.86. The number of benzene rings is 1. The van der Waals surface area contributed by atoms with Crippen molar-refractivity contribution >= 4 is 28.5 Å². The van der Waals surface area contributed by atoms with Crippen LogP contribution in [0.2, 0.25) is 0 Å². The van der Waals surface area contributed by atoms with Crippen LogP contribution >= 0.6 is 0 Å². The number of carbonyl (C=O) groups is 2. The van der Waals surface area contributed by atoms with E-state index in [1.165, 1.54) is 12.4 Å². The van der Waals surface area contributed by atoms with Crippen molar-refractivity contribution in [3.8, 4) is 0 Å². The van der Waals surface area contributed by atoms with Crippen LogP contribution in [0.4, 0.5) is 19.0 Å². The Morgan fingerprint density at radius 1 is 1.24 bits per heavy atom. The van der Waals surface area contributed by atoms with E-state index in [-0.39, 0.29) is 41.1 Å². The van der Waals surface area contributed by atoms with E-state index in [4.69, 9.17) is 5.73 Å². The highest BCUT2D eigenvalue weighted by Gasteiger charge is 2.42. The van der Waals surface area contributed by atoms with E-state index in [0.717, 1.165) is 18.6 Å². The molecular formula is C22H27F3N6O2. The van der Waals surface area contributed by atoms with E-state index < -0.39 is 17.8 Å². The predicted molar refractivity (Wildman–Crippen MR) is 116 cm³/mol. The van der Waals surface area contributed by atoms with Crippen LogP contribution < -0.4 is 16.4 Å². The fourth-order valence-corrected chi connectivity index (χ4v) is 4.70. The Labute approximate surface area is 189 Å². The maximum absolute atomic E-state index is 13.2. The minimum atomic E-state index is -4.50. The van der Waals surface area contributed by atoms with Gasteiger partial charge in [0.05, 0.1) is 23.2 Å². The molecule has 4 N–H and O–H groups in total. The minimum absolute atomic E-state index is 0.0368. The number of anilines is 1. The van der Waals surface area contributed by atoms with Crippen molar-refractivity contribution in [3.63, 3.8) is 0 Å². The maximum atomic E-state index is 13.2. The first-order valence-corrected chi connectivity index (χ1v) is 11.1. The fourth-order valence-electron chi connectivity index (χ4n) is 4.70. The van der Waals surface area contributed by atoms with Crippen LogP contribution in [0.3, 0.4) is 0 Å². The van der Waals surface area contributed by atoms with Gasteiger partial charge in [-0.3, -0.25) is 9.59 Å². The van der Waals surface area contributed by atoms with Gasteiger partial charge in [0.2, 0.25) is 11.8 Å².